The number of carbonyl (C=O) groups is 3. The highest BCUT2D eigenvalue weighted by Gasteiger charge is 2.22. The maximum Gasteiger partial charge on any atom is 0.253 e. The molecule has 0 atom stereocenters. The largest absolute Gasteiger partial charge is 0.353 e. The van der Waals surface area contributed by atoms with Gasteiger partial charge in [0.1, 0.15) is 6.67 Å². The molecule has 0 spiro atoms. The first-order valence-corrected chi connectivity index (χ1v) is 5.01. The van der Waals surface area contributed by atoms with Gasteiger partial charge in [0.2, 0.25) is 5.91 Å². The third-order valence-corrected chi connectivity index (χ3v) is 2.10. The van der Waals surface area contributed by atoms with E-state index in [4.69, 9.17) is 0 Å². The first-order valence-electron chi connectivity index (χ1n) is 5.01. The number of rotatable bonds is 6. The summed E-state index contributed by atoms with van der Waals surface area (Å²) in [5, 5.41) is 2.36. The van der Waals surface area contributed by atoms with Crippen molar-refractivity contribution >= 4 is 17.7 Å². The number of nitrogens with zero attached hydrogens (tertiary/aromatic N) is 1. The Morgan fingerprint density at radius 2 is 1.94 bits per heavy atom. The maximum atomic E-state index is 11.7. The van der Waals surface area contributed by atoms with Gasteiger partial charge in [-0.25, -0.2) is 4.39 Å². The topological polar surface area (TPSA) is 66.5 Å². The smallest absolute Gasteiger partial charge is 0.253 e. The molecule has 0 aromatic heterocycles. The van der Waals surface area contributed by atoms with Gasteiger partial charge in [-0.05, 0) is 6.42 Å². The third-order valence-electron chi connectivity index (χ3n) is 2.10. The first kappa shape index (κ1) is 12.4. The van der Waals surface area contributed by atoms with E-state index in [1.165, 1.54) is 12.2 Å². The quantitative estimate of drug-likeness (QED) is 0.639. The second-order valence-corrected chi connectivity index (χ2v) is 3.30. The van der Waals surface area contributed by atoms with Gasteiger partial charge in [-0.1, -0.05) is 0 Å². The number of hydrogen-bond donors (Lipinski definition) is 1. The van der Waals surface area contributed by atoms with Gasteiger partial charge >= 0.3 is 0 Å². The lowest BCUT2D eigenvalue weighted by molar-refractivity contribution is -0.137. The molecule has 1 rings (SSSR count). The highest BCUT2D eigenvalue weighted by Crippen LogP contribution is 2.05. The summed E-state index contributed by atoms with van der Waals surface area (Å²) in [6.07, 6.45) is 2.96. The third kappa shape index (κ3) is 3.45. The van der Waals surface area contributed by atoms with Crippen molar-refractivity contribution in [1.29, 1.82) is 0 Å². The van der Waals surface area contributed by atoms with Gasteiger partial charge in [0.15, 0.2) is 0 Å². The lowest BCUT2D eigenvalue weighted by Crippen LogP contribution is -2.32. The van der Waals surface area contributed by atoms with Crippen LogP contribution in [0.1, 0.15) is 12.8 Å². The summed E-state index contributed by atoms with van der Waals surface area (Å²) in [7, 11) is 0. The van der Waals surface area contributed by atoms with E-state index in [1.807, 2.05) is 0 Å². The van der Waals surface area contributed by atoms with Crippen LogP contribution in [0.5, 0.6) is 0 Å². The number of carbonyl (C=O) groups excluding carboxylic acids is 3. The molecule has 1 heterocycles. The van der Waals surface area contributed by atoms with E-state index in [-0.39, 0.29) is 37.2 Å². The average Bonchev–Trinajstić information content (AvgIpc) is 2.57. The predicted octanol–water partition coefficient (Wildman–Crippen LogP) is -0.223. The van der Waals surface area contributed by atoms with Crippen LogP contribution in [0.2, 0.25) is 0 Å². The predicted molar refractivity (Wildman–Crippen MR) is 54.1 cm³/mol. The highest BCUT2D eigenvalue weighted by molar-refractivity contribution is 6.12. The molecule has 88 valence electrons. The Kier molecular flexibility index (Phi) is 4.63. The molecule has 5 nitrogen and oxygen atoms in total. The molecule has 0 saturated carbocycles. The summed E-state index contributed by atoms with van der Waals surface area (Å²) < 4.78 is 11.7. The standard InChI is InChI=1S/C10H13FN2O3/c11-5-6-12-8(14)2-1-7-13-9(15)3-4-10(13)16/h3-4H,1-2,5-7H2,(H,12,14). The molecule has 0 aliphatic carbocycles. The normalized spacial score (nSPS) is 14.7. The fraction of sp³-hybridized carbons (Fsp3) is 0.500. The molecule has 0 bridgehead atoms. The molecule has 3 amide bonds. The number of amides is 3. The summed E-state index contributed by atoms with van der Waals surface area (Å²) in [6, 6.07) is 0. The molecule has 0 aromatic carbocycles. The Balaban J connectivity index is 2.18. The fourth-order valence-corrected chi connectivity index (χ4v) is 1.32. The fourth-order valence-electron chi connectivity index (χ4n) is 1.32. The Hall–Kier alpha value is -1.72. The van der Waals surface area contributed by atoms with Crippen LogP contribution in [-0.2, 0) is 14.4 Å². The van der Waals surface area contributed by atoms with Crippen molar-refractivity contribution in [2.75, 3.05) is 19.8 Å². The minimum atomic E-state index is -0.598. The summed E-state index contributed by atoms with van der Waals surface area (Å²) >= 11 is 0. The van der Waals surface area contributed by atoms with Crippen molar-refractivity contribution < 1.29 is 18.8 Å². The molecule has 0 fully saturated rings. The second kappa shape index (κ2) is 5.99. The van der Waals surface area contributed by atoms with Crippen LogP contribution in [0.3, 0.4) is 0 Å². The number of nitrogens with one attached hydrogen (secondary N) is 1. The molecular weight excluding hydrogens is 215 g/mol. The van der Waals surface area contributed by atoms with Gasteiger partial charge in [-0.15, -0.1) is 0 Å². The zero-order valence-electron chi connectivity index (χ0n) is 8.74. The molecule has 0 aromatic rings. The molecule has 0 saturated heterocycles. The Bertz CT molecular complexity index is 310. The summed E-state index contributed by atoms with van der Waals surface area (Å²) in [6.45, 7) is -0.381. The first-order chi connectivity index (χ1) is 7.65. The molecule has 0 radical (unpaired) electrons. The second-order valence-electron chi connectivity index (χ2n) is 3.30. The lowest BCUT2D eigenvalue weighted by atomic mass is 10.3. The summed E-state index contributed by atoms with van der Waals surface area (Å²) in [4.78, 5) is 34.3. The van der Waals surface area contributed by atoms with Crippen LogP contribution in [0.25, 0.3) is 0 Å². The van der Waals surface area contributed by atoms with E-state index in [1.54, 1.807) is 0 Å². The van der Waals surface area contributed by atoms with E-state index in [2.05, 4.69) is 5.32 Å². The van der Waals surface area contributed by atoms with E-state index >= 15 is 0 Å². The van der Waals surface area contributed by atoms with Gasteiger partial charge in [0, 0.05) is 31.7 Å². The zero-order valence-corrected chi connectivity index (χ0v) is 8.74. The van der Waals surface area contributed by atoms with Gasteiger partial charge in [0.25, 0.3) is 11.8 Å². The number of hydrogen-bond acceptors (Lipinski definition) is 3. The van der Waals surface area contributed by atoms with E-state index in [0.717, 1.165) is 4.90 Å². The molecule has 0 unspecified atom stereocenters. The number of halogens is 1. The van der Waals surface area contributed by atoms with Gasteiger partial charge in [-0.2, -0.15) is 0 Å². The van der Waals surface area contributed by atoms with Crippen molar-refractivity contribution in [3.8, 4) is 0 Å². The molecule has 1 N–H and O–H groups in total. The van der Waals surface area contributed by atoms with Gasteiger partial charge < -0.3 is 5.32 Å². The van der Waals surface area contributed by atoms with Crippen LogP contribution in [0.4, 0.5) is 4.39 Å². The van der Waals surface area contributed by atoms with Crippen molar-refractivity contribution in [2.45, 2.75) is 12.8 Å². The number of alkyl halides is 1. The molecule has 1 aliphatic heterocycles. The highest BCUT2D eigenvalue weighted by atomic mass is 19.1. The SMILES string of the molecule is O=C(CCCN1C(=O)C=CC1=O)NCCF. The van der Waals surface area contributed by atoms with Crippen LogP contribution < -0.4 is 5.32 Å². The molecular formula is C10H13FN2O3. The zero-order chi connectivity index (χ0) is 12.0. The van der Waals surface area contributed by atoms with Crippen molar-refractivity contribution in [2.24, 2.45) is 0 Å². The molecule has 6 heteroatoms. The monoisotopic (exact) mass is 228 g/mol. The minimum Gasteiger partial charge on any atom is -0.353 e. The minimum absolute atomic E-state index is 0.00195. The van der Waals surface area contributed by atoms with Crippen LogP contribution >= 0.6 is 0 Å². The van der Waals surface area contributed by atoms with Crippen molar-refractivity contribution in [3.05, 3.63) is 12.2 Å². The van der Waals surface area contributed by atoms with Gasteiger partial charge in [0.05, 0.1) is 0 Å². The van der Waals surface area contributed by atoms with E-state index in [0.29, 0.717) is 6.42 Å². The van der Waals surface area contributed by atoms with Crippen LogP contribution in [-0.4, -0.2) is 42.4 Å². The van der Waals surface area contributed by atoms with E-state index in [9.17, 15) is 18.8 Å². The average molecular weight is 228 g/mol. The van der Waals surface area contributed by atoms with Crippen LogP contribution in [0.15, 0.2) is 12.2 Å². The Labute approximate surface area is 92.3 Å². The Morgan fingerprint density at radius 3 is 2.50 bits per heavy atom. The molecule has 16 heavy (non-hydrogen) atoms. The maximum absolute atomic E-state index is 11.7. The molecule has 1 aliphatic rings. The van der Waals surface area contributed by atoms with Crippen LogP contribution in [0, 0.1) is 0 Å². The van der Waals surface area contributed by atoms with Crippen molar-refractivity contribution in [1.82, 2.24) is 10.2 Å². The number of imide groups is 1. The van der Waals surface area contributed by atoms with Crippen molar-refractivity contribution in [3.63, 3.8) is 0 Å². The Morgan fingerprint density at radius 1 is 1.31 bits per heavy atom. The lowest BCUT2D eigenvalue weighted by Gasteiger charge is -2.12. The van der Waals surface area contributed by atoms with Gasteiger partial charge in [-0.3, -0.25) is 19.3 Å². The summed E-state index contributed by atoms with van der Waals surface area (Å²) in [5.41, 5.74) is 0. The summed E-state index contributed by atoms with van der Waals surface area (Å²) in [5.74, 6) is -0.979. The van der Waals surface area contributed by atoms with E-state index < -0.39 is 6.67 Å².